The predicted molar refractivity (Wildman–Crippen MR) is 111 cm³/mol. The van der Waals surface area contributed by atoms with Gasteiger partial charge in [0.2, 0.25) is 11.8 Å². The van der Waals surface area contributed by atoms with E-state index >= 15 is 0 Å². The summed E-state index contributed by atoms with van der Waals surface area (Å²) >= 11 is 0. The molecule has 3 N–H and O–H groups in total. The summed E-state index contributed by atoms with van der Waals surface area (Å²) in [5, 5.41) is 6.56. The third-order valence-electron chi connectivity index (χ3n) is 4.00. The van der Waals surface area contributed by atoms with E-state index in [0.29, 0.717) is 11.3 Å². The van der Waals surface area contributed by atoms with Crippen molar-refractivity contribution in [1.82, 2.24) is 9.97 Å². The Balaban J connectivity index is 1.65. The molecule has 1 aromatic heterocycles. The highest BCUT2D eigenvalue weighted by molar-refractivity contribution is 5.92. The molecule has 0 fully saturated rings. The number of nitrogens with zero attached hydrogens (tertiary/aromatic N) is 3. The highest BCUT2D eigenvalue weighted by Crippen LogP contribution is 2.25. The fraction of sp³-hybridized carbons (Fsp3) is 0.143. The number of ether oxygens (including phenoxy) is 1. The molecular formula is C21H21N5O3. The topological polar surface area (TPSA) is 112 Å². The van der Waals surface area contributed by atoms with Crippen LogP contribution >= 0.6 is 0 Å². The van der Waals surface area contributed by atoms with E-state index in [-0.39, 0.29) is 24.0 Å². The maximum Gasteiger partial charge on any atom is 0.233 e. The standard InChI is InChI=1S/C21H21N5O3/c1-14-3-7-16(8-4-14)26-19(27)11-15-5-9-17(10-6-15)29-21-18(12-25-28-2)20(22)23-13-24-21/h3-10,12-13H,11H2,1-2H3,(H,26,27)(H2,22,23,24). The van der Waals surface area contributed by atoms with Gasteiger partial charge >= 0.3 is 0 Å². The molecule has 0 spiro atoms. The van der Waals surface area contributed by atoms with Gasteiger partial charge in [0.05, 0.1) is 12.6 Å². The van der Waals surface area contributed by atoms with Gasteiger partial charge in [0.1, 0.15) is 30.6 Å². The molecule has 1 amide bonds. The van der Waals surface area contributed by atoms with Crippen molar-refractivity contribution in [3.05, 3.63) is 71.5 Å². The maximum absolute atomic E-state index is 12.2. The summed E-state index contributed by atoms with van der Waals surface area (Å²) in [6, 6.07) is 14.8. The molecule has 0 radical (unpaired) electrons. The van der Waals surface area contributed by atoms with Gasteiger partial charge in [0.15, 0.2) is 0 Å². The Hall–Kier alpha value is -3.94. The molecule has 0 aliphatic carbocycles. The van der Waals surface area contributed by atoms with Crippen molar-refractivity contribution in [2.75, 3.05) is 18.2 Å². The molecule has 0 aliphatic rings. The van der Waals surface area contributed by atoms with Gasteiger partial charge in [-0.1, -0.05) is 35.0 Å². The molecule has 3 aromatic rings. The average molecular weight is 391 g/mol. The summed E-state index contributed by atoms with van der Waals surface area (Å²) in [6.07, 6.45) is 2.94. The minimum Gasteiger partial charge on any atom is -0.438 e. The Bertz CT molecular complexity index is 1000. The number of oxime groups is 1. The van der Waals surface area contributed by atoms with Crippen molar-refractivity contribution in [3.8, 4) is 11.6 Å². The monoisotopic (exact) mass is 391 g/mol. The zero-order valence-electron chi connectivity index (χ0n) is 16.1. The molecule has 0 saturated carbocycles. The van der Waals surface area contributed by atoms with Gasteiger partial charge in [-0.3, -0.25) is 4.79 Å². The van der Waals surface area contributed by atoms with Gasteiger partial charge in [-0.25, -0.2) is 9.97 Å². The van der Waals surface area contributed by atoms with Crippen LogP contribution in [0, 0.1) is 6.92 Å². The Morgan fingerprint density at radius 3 is 2.55 bits per heavy atom. The van der Waals surface area contributed by atoms with E-state index < -0.39 is 0 Å². The highest BCUT2D eigenvalue weighted by atomic mass is 16.6. The minimum absolute atomic E-state index is 0.0934. The molecule has 2 aromatic carbocycles. The molecule has 0 atom stereocenters. The van der Waals surface area contributed by atoms with Crippen LogP contribution < -0.4 is 15.8 Å². The molecule has 148 valence electrons. The van der Waals surface area contributed by atoms with E-state index in [9.17, 15) is 4.79 Å². The number of hydrogen-bond donors (Lipinski definition) is 2. The predicted octanol–water partition coefficient (Wildman–Crippen LogP) is 3.32. The number of anilines is 2. The molecule has 3 rings (SSSR count). The van der Waals surface area contributed by atoms with E-state index in [1.165, 1.54) is 19.7 Å². The lowest BCUT2D eigenvalue weighted by atomic mass is 10.1. The Kier molecular flexibility index (Phi) is 6.36. The van der Waals surface area contributed by atoms with Crippen LogP contribution in [-0.2, 0) is 16.1 Å². The number of nitrogens with two attached hydrogens (primary N) is 1. The molecule has 0 saturated heterocycles. The van der Waals surface area contributed by atoms with Crippen LogP contribution in [0.5, 0.6) is 11.6 Å². The number of aromatic nitrogens is 2. The molecule has 0 aliphatic heterocycles. The second-order valence-corrected chi connectivity index (χ2v) is 6.23. The smallest absolute Gasteiger partial charge is 0.233 e. The first-order chi connectivity index (χ1) is 14.0. The maximum atomic E-state index is 12.2. The number of carbonyl (C=O) groups is 1. The van der Waals surface area contributed by atoms with Crippen LogP contribution in [0.1, 0.15) is 16.7 Å². The summed E-state index contributed by atoms with van der Waals surface area (Å²) in [4.78, 5) is 24.9. The van der Waals surface area contributed by atoms with Gasteiger partial charge in [-0.2, -0.15) is 0 Å². The van der Waals surface area contributed by atoms with Crippen LogP contribution in [0.25, 0.3) is 0 Å². The zero-order valence-corrected chi connectivity index (χ0v) is 16.1. The molecule has 8 nitrogen and oxygen atoms in total. The van der Waals surface area contributed by atoms with Gasteiger partial charge in [-0.05, 0) is 36.8 Å². The first-order valence-electron chi connectivity index (χ1n) is 8.85. The SMILES string of the molecule is CON=Cc1c(N)ncnc1Oc1ccc(CC(=O)Nc2ccc(C)cc2)cc1. The van der Waals surface area contributed by atoms with Crippen LogP contribution in [-0.4, -0.2) is 29.2 Å². The molecule has 1 heterocycles. The molecule has 0 unspecified atom stereocenters. The van der Waals surface area contributed by atoms with Gasteiger partial charge < -0.3 is 20.6 Å². The first-order valence-corrected chi connectivity index (χ1v) is 8.85. The summed E-state index contributed by atoms with van der Waals surface area (Å²) < 4.78 is 5.78. The lowest BCUT2D eigenvalue weighted by molar-refractivity contribution is -0.115. The summed E-state index contributed by atoms with van der Waals surface area (Å²) in [5.74, 6) is 0.922. The third kappa shape index (κ3) is 5.52. The second kappa shape index (κ2) is 9.32. The number of rotatable bonds is 7. The Labute approximate surface area is 168 Å². The number of amides is 1. The number of hydrogen-bond acceptors (Lipinski definition) is 7. The van der Waals surface area contributed by atoms with Crippen LogP contribution in [0.4, 0.5) is 11.5 Å². The van der Waals surface area contributed by atoms with Gasteiger partial charge in [0.25, 0.3) is 0 Å². The second-order valence-electron chi connectivity index (χ2n) is 6.23. The van der Waals surface area contributed by atoms with E-state index in [0.717, 1.165) is 16.8 Å². The van der Waals surface area contributed by atoms with Gasteiger partial charge in [0, 0.05) is 5.69 Å². The minimum atomic E-state index is -0.0934. The highest BCUT2D eigenvalue weighted by Gasteiger charge is 2.11. The van der Waals surface area contributed by atoms with Crippen molar-refractivity contribution in [2.45, 2.75) is 13.3 Å². The lowest BCUT2D eigenvalue weighted by Gasteiger charge is -2.09. The Morgan fingerprint density at radius 1 is 1.14 bits per heavy atom. The zero-order chi connectivity index (χ0) is 20.6. The summed E-state index contributed by atoms with van der Waals surface area (Å²) in [7, 11) is 1.42. The lowest BCUT2D eigenvalue weighted by Crippen LogP contribution is -2.14. The van der Waals surface area contributed by atoms with E-state index in [4.69, 9.17) is 10.5 Å². The Morgan fingerprint density at radius 2 is 1.86 bits per heavy atom. The van der Waals surface area contributed by atoms with E-state index in [1.54, 1.807) is 12.1 Å². The largest absolute Gasteiger partial charge is 0.438 e. The van der Waals surface area contributed by atoms with Crippen molar-refractivity contribution in [2.24, 2.45) is 5.16 Å². The van der Waals surface area contributed by atoms with Crippen molar-refractivity contribution < 1.29 is 14.4 Å². The van der Waals surface area contributed by atoms with Crippen molar-refractivity contribution >= 4 is 23.6 Å². The molecular weight excluding hydrogens is 370 g/mol. The van der Waals surface area contributed by atoms with Crippen LogP contribution in [0.15, 0.2) is 60.0 Å². The number of benzene rings is 2. The fourth-order valence-corrected chi connectivity index (χ4v) is 2.51. The number of carbonyl (C=O) groups excluding carboxylic acids is 1. The van der Waals surface area contributed by atoms with E-state index in [2.05, 4.69) is 25.3 Å². The van der Waals surface area contributed by atoms with Crippen molar-refractivity contribution in [1.29, 1.82) is 0 Å². The molecule has 0 bridgehead atoms. The van der Waals surface area contributed by atoms with E-state index in [1.807, 2.05) is 43.3 Å². The van der Waals surface area contributed by atoms with Crippen molar-refractivity contribution in [3.63, 3.8) is 0 Å². The summed E-state index contributed by atoms with van der Waals surface area (Å²) in [6.45, 7) is 2.00. The first kappa shape index (κ1) is 19.8. The molecule has 8 heteroatoms. The van der Waals surface area contributed by atoms with Gasteiger partial charge in [-0.15, -0.1) is 0 Å². The number of nitrogen functional groups attached to an aromatic ring is 1. The third-order valence-corrected chi connectivity index (χ3v) is 4.00. The van der Waals surface area contributed by atoms with Crippen LogP contribution in [0.2, 0.25) is 0 Å². The normalized spacial score (nSPS) is 10.7. The molecule has 29 heavy (non-hydrogen) atoms. The number of nitrogens with one attached hydrogen (secondary N) is 1. The number of aryl methyl sites for hydroxylation is 1. The average Bonchev–Trinajstić information content (AvgIpc) is 2.71. The summed E-state index contributed by atoms with van der Waals surface area (Å²) in [5.41, 5.74) is 9.02. The quantitative estimate of drug-likeness (QED) is 0.472. The fourth-order valence-electron chi connectivity index (χ4n) is 2.51. The van der Waals surface area contributed by atoms with Crippen LogP contribution in [0.3, 0.4) is 0 Å².